The molecule has 4 heteroatoms. The largest absolute Gasteiger partial charge is 0.462 e. The molecule has 0 unspecified atom stereocenters. The molecule has 37 heavy (non-hydrogen) atoms. The first-order valence-electron chi connectivity index (χ1n) is 12.8. The second-order valence-electron chi connectivity index (χ2n) is 9.00. The minimum atomic E-state index is -0.387. The number of esters is 1. The van der Waals surface area contributed by atoms with Crippen molar-refractivity contribution in [3.8, 4) is 23.0 Å². The third-order valence-corrected chi connectivity index (χ3v) is 6.34. The molecule has 0 bridgehead atoms. The quantitative estimate of drug-likeness (QED) is 0.193. The molecule has 0 heterocycles. The van der Waals surface area contributed by atoms with E-state index >= 15 is 0 Å². The van der Waals surface area contributed by atoms with Crippen molar-refractivity contribution < 1.29 is 19.0 Å². The SMILES string of the molecule is CCCCc1cc(Oc2ccc3ccccc3c2)cc(Oc2ccc3ccccc3c2)c1C(=O)OCC. The fourth-order valence-electron chi connectivity index (χ4n) is 4.51. The fourth-order valence-corrected chi connectivity index (χ4v) is 4.51. The van der Waals surface area contributed by atoms with Gasteiger partial charge in [0.25, 0.3) is 0 Å². The van der Waals surface area contributed by atoms with Crippen LogP contribution in [-0.4, -0.2) is 12.6 Å². The molecule has 0 spiro atoms. The Bertz CT molecular complexity index is 1550. The van der Waals surface area contributed by atoms with Gasteiger partial charge in [-0.05, 0) is 77.2 Å². The Morgan fingerprint density at radius 3 is 1.84 bits per heavy atom. The molecule has 0 amide bonds. The van der Waals surface area contributed by atoms with Crippen LogP contribution >= 0.6 is 0 Å². The Kier molecular flexibility index (Phi) is 7.36. The molecule has 186 valence electrons. The zero-order valence-corrected chi connectivity index (χ0v) is 21.2. The van der Waals surface area contributed by atoms with Crippen LogP contribution in [0.15, 0.2) is 97.1 Å². The van der Waals surface area contributed by atoms with Crippen molar-refractivity contribution in [1.82, 2.24) is 0 Å². The smallest absolute Gasteiger partial charge is 0.342 e. The number of carbonyl (C=O) groups is 1. The second-order valence-corrected chi connectivity index (χ2v) is 9.00. The highest BCUT2D eigenvalue weighted by Gasteiger charge is 2.22. The second kappa shape index (κ2) is 11.2. The number of hydrogen-bond donors (Lipinski definition) is 0. The zero-order valence-electron chi connectivity index (χ0n) is 21.2. The van der Waals surface area contributed by atoms with Crippen LogP contribution in [0.3, 0.4) is 0 Å². The maximum absolute atomic E-state index is 13.1. The van der Waals surface area contributed by atoms with Gasteiger partial charge in [0, 0.05) is 6.07 Å². The van der Waals surface area contributed by atoms with Gasteiger partial charge in [-0.15, -0.1) is 0 Å². The van der Waals surface area contributed by atoms with Gasteiger partial charge in [0.2, 0.25) is 0 Å². The Hall–Kier alpha value is -4.31. The molecule has 5 rings (SSSR count). The number of aryl methyl sites for hydroxylation is 1. The van der Waals surface area contributed by atoms with Crippen LogP contribution in [0.2, 0.25) is 0 Å². The summed E-state index contributed by atoms with van der Waals surface area (Å²) < 4.78 is 18.1. The molecular formula is C33H30O4. The number of rotatable bonds is 9. The Labute approximate surface area is 217 Å². The highest BCUT2D eigenvalue weighted by Crippen LogP contribution is 2.37. The predicted molar refractivity (Wildman–Crippen MR) is 149 cm³/mol. The fraction of sp³-hybridized carbons (Fsp3) is 0.182. The summed E-state index contributed by atoms with van der Waals surface area (Å²) in [5.74, 6) is 2.03. The molecule has 0 radical (unpaired) electrons. The van der Waals surface area contributed by atoms with E-state index in [-0.39, 0.29) is 12.6 Å². The number of carbonyl (C=O) groups excluding carboxylic acids is 1. The van der Waals surface area contributed by atoms with Gasteiger partial charge in [-0.2, -0.15) is 0 Å². The number of benzene rings is 5. The minimum Gasteiger partial charge on any atom is -0.462 e. The van der Waals surface area contributed by atoms with E-state index in [0.29, 0.717) is 29.2 Å². The lowest BCUT2D eigenvalue weighted by Gasteiger charge is -2.17. The summed E-state index contributed by atoms with van der Waals surface area (Å²) >= 11 is 0. The number of hydrogen-bond acceptors (Lipinski definition) is 4. The average Bonchev–Trinajstić information content (AvgIpc) is 2.91. The third-order valence-electron chi connectivity index (χ3n) is 6.34. The average molecular weight is 491 g/mol. The molecule has 0 saturated carbocycles. The van der Waals surface area contributed by atoms with Crippen molar-refractivity contribution in [3.63, 3.8) is 0 Å². The molecule has 0 aromatic heterocycles. The van der Waals surface area contributed by atoms with Crippen LogP contribution in [0.4, 0.5) is 0 Å². The summed E-state index contributed by atoms with van der Waals surface area (Å²) in [7, 11) is 0. The number of fused-ring (bicyclic) bond motifs is 2. The van der Waals surface area contributed by atoms with Crippen LogP contribution < -0.4 is 9.47 Å². The van der Waals surface area contributed by atoms with Crippen LogP contribution in [0.1, 0.15) is 42.6 Å². The molecule has 5 aromatic carbocycles. The molecule has 0 aliphatic carbocycles. The molecule has 0 aliphatic rings. The van der Waals surface area contributed by atoms with Crippen LogP contribution in [-0.2, 0) is 11.2 Å². The van der Waals surface area contributed by atoms with E-state index in [1.54, 1.807) is 6.07 Å². The highest BCUT2D eigenvalue weighted by molar-refractivity contribution is 5.95. The van der Waals surface area contributed by atoms with Crippen molar-refractivity contribution in [2.75, 3.05) is 6.61 Å². The first-order chi connectivity index (χ1) is 18.1. The summed E-state index contributed by atoms with van der Waals surface area (Å²) in [5.41, 5.74) is 1.31. The summed E-state index contributed by atoms with van der Waals surface area (Å²) in [6.07, 6.45) is 2.65. The van der Waals surface area contributed by atoms with Crippen molar-refractivity contribution in [2.24, 2.45) is 0 Å². The van der Waals surface area contributed by atoms with Crippen molar-refractivity contribution in [3.05, 3.63) is 108 Å². The molecule has 0 saturated heterocycles. The van der Waals surface area contributed by atoms with Gasteiger partial charge in [0.1, 0.15) is 28.6 Å². The lowest BCUT2D eigenvalue weighted by Crippen LogP contribution is -2.11. The summed E-state index contributed by atoms with van der Waals surface area (Å²) in [6, 6.07) is 31.9. The zero-order chi connectivity index (χ0) is 25.6. The van der Waals surface area contributed by atoms with Gasteiger partial charge >= 0.3 is 5.97 Å². The summed E-state index contributed by atoms with van der Waals surface area (Å²) in [5, 5.41) is 4.43. The van der Waals surface area contributed by atoms with Gasteiger partial charge in [-0.25, -0.2) is 4.79 Å². The molecule has 0 atom stereocenters. The van der Waals surface area contributed by atoms with Crippen LogP contribution in [0, 0.1) is 0 Å². The van der Waals surface area contributed by atoms with Gasteiger partial charge in [0.05, 0.1) is 6.61 Å². The Balaban J connectivity index is 1.57. The maximum atomic E-state index is 13.1. The lowest BCUT2D eigenvalue weighted by atomic mass is 10.00. The standard InChI is InChI=1S/C33H30O4/c1-3-5-10-27-21-30(36-28-17-15-23-11-6-8-13-25(23)19-28)22-31(32(27)33(34)35-4-2)37-29-18-16-24-12-7-9-14-26(24)20-29/h6-9,11-22H,3-5,10H2,1-2H3. The summed E-state index contributed by atoms with van der Waals surface area (Å²) in [6.45, 7) is 4.23. The van der Waals surface area contributed by atoms with E-state index in [2.05, 4.69) is 25.1 Å². The minimum absolute atomic E-state index is 0.288. The molecule has 5 aromatic rings. The van der Waals surface area contributed by atoms with E-state index in [0.717, 1.165) is 45.7 Å². The first kappa shape index (κ1) is 24.4. The third kappa shape index (κ3) is 5.59. The predicted octanol–water partition coefficient (Wildman–Crippen LogP) is 9.10. The van der Waals surface area contributed by atoms with Crippen molar-refractivity contribution in [2.45, 2.75) is 33.1 Å². The van der Waals surface area contributed by atoms with Crippen LogP contribution in [0.5, 0.6) is 23.0 Å². The van der Waals surface area contributed by atoms with Crippen molar-refractivity contribution >= 4 is 27.5 Å². The van der Waals surface area contributed by atoms with E-state index in [1.165, 1.54) is 0 Å². The van der Waals surface area contributed by atoms with Gasteiger partial charge in [0.15, 0.2) is 0 Å². The topological polar surface area (TPSA) is 44.8 Å². The Morgan fingerprint density at radius 1 is 0.649 bits per heavy atom. The maximum Gasteiger partial charge on any atom is 0.342 e. The molecular weight excluding hydrogens is 460 g/mol. The molecule has 4 nitrogen and oxygen atoms in total. The van der Waals surface area contributed by atoms with Crippen molar-refractivity contribution in [1.29, 1.82) is 0 Å². The van der Waals surface area contributed by atoms with E-state index in [1.807, 2.05) is 79.7 Å². The monoisotopic (exact) mass is 490 g/mol. The normalized spacial score (nSPS) is 11.0. The van der Waals surface area contributed by atoms with E-state index < -0.39 is 0 Å². The summed E-state index contributed by atoms with van der Waals surface area (Å²) in [4.78, 5) is 13.1. The number of unbranched alkanes of at least 4 members (excludes halogenated alkanes) is 1. The molecule has 0 aliphatic heterocycles. The molecule has 0 fully saturated rings. The highest BCUT2D eigenvalue weighted by atomic mass is 16.5. The Morgan fingerprint density at radius 2 is 1.24 bits per heavy atom. The number of ether oxygens (including phenoxy) is 3. The first-order valence-corrected chi connectivity index (χ1v) is 12.8. The van der Waals surface area contributed by atoms with E-state index in [4.69, 9.17) is 14.2 Å². The lowest BCUT2D eigenvalue weighted by molar-refractivity contribution is 0.0522. The molecule has 0 N–H and O–H groups in total. The van der Waals surface area contributed by atoms with Crippen LogP contribution in [0.25, 0.3) is 21.5 Å². The van der Waals surface area contributed by atoms with Gasteiger partial charge in [-0.1, -0.05) is 74.0 Å². The van der Waals surface area contributed by atoms with Gasteiger partial charge in [-0.3, -0.25) is 0 Å². The van der Waals surface area contributed by atoms with Gasteiger partial charge < -0.3 is 14.2 Å². The van der Waals surface area contributed by atoms with E-state index in [9.17, 15) is 4.79 Å².